The normalized spacial score (nSPS) is 12.4. The molecule has 0 aliphatic heterocycles. The molecule has 2 rings (SSSR count). The average molecular weight is 310 g/mol. The molecule has 112 valence electrons. The monoisotopic (exact) mass is 309 g/mol. The number of aryl methyl sites for hydroxylation is 1. The third kappa shape index (κ3) is 3.80. The molecule has 4 heteroatoms. The van der Waals surface area contributed by atoms with E-state index in [1.165, 1.54) is 18.2 Å². The predicted octanol–water partition coefficient (Wildman–Crippen LogP) is 5.02. The highest BCUT2D eigenvalue weighted by Crippen LogP contribution is 2.28. The number of nitrogens with one attached hydrogen (secondary N) is 1. The van der Waals surface area contributed by atoms with E-state index >= 15 is 0 Å². The lowest BCUT2D eigenvalue weighted by Gasteiger charge is -2.21. The van der Waals surface area contributed by atoms with Gasteiger partial charge < -0.3 is 5.32 Å². The zero-order chi connectivity index (χ0) is 15.4. The first-order valence-electron chi connectivity index (χ1n) is 6.97. The average Bonchev–Trinajstić information content (AvgIpc) is 2.46. The van der Waals surface area contributed by atoms with Gasteiger partial charge in [0.1, 0.15) is 11.6 Å². The second-order valence-corrected chi connectivity index (χ2v) is 5.49. The number of halogens is 3. The first-order chi connectivity index (χ1) is 10.0. The van der Waals surface area contributed by atoms with Crippen LogP contribution in [-0.4, -0.2) is 6.54 Å². The fourth-order valence-electron chi connectivity index (χ4n) is 2.27. The van der Waals surface area contributed by atoms with E-state index in [1.54, 1.807) is 18.2 Å². The fourth-order valence-corrected chi connectivity index (χ4v) is 2.39. The summed E-state index contributed by atoms with van der Waals surface area (Å²) in [4.78, 5) is 0. The van der Waals surface area contributed by atoms with Crippen LogP contribution < -0.4 is 5.32 Å². The Morgan fingerprint density at radius 2 is 1.86 bits per heavy atom. The molecule has 0 saturated carbocycles. The first kappa shape index (κ1) is 15.9. The zero-order valence-corrected chi connectivity index (χ0v) is 12.8. The summed E-state index contributed by atoms with van der Waals surface area (Å²) in [5.41, 5.74) is 2.14. The summed E-state index contributed by atoms with van der Waals surface area (Å²) in [6.45, 7) is 4.64. The van der Waals surface area contributed by atoms with E-state index in [0.29, 0.717) is 17.7 Å². The van der Waals surface area contributed by atoms with Gasteiger partial charge in [-0.05, 0) is 43.7 Å². The van der Waals surface area contributed by atoms with Crippen molar-refractivity contribution in [2.24, 2.45) is 0 Å². The molecule has 0 bridgehead atoms. The summed E-state index contributed by atoms with van der Waals surface area (Å²) >= 11 is 5.72. The highest BCUT2D eigenvalue weighted by atomic mass is 35.5. The van der Waals surface area contributed by atoms with E-state index in [2.05, 4.69) is 5.32 Å². The summed E-state index contributed by atoms with van der Waals surface area (Å²) in [7, 11) is 0. The van der Waals surface area contributed by atoms with Gasteiger partial charge in [0, 0.05) is 5.56 Å². The van der Waals surface area contributed by atoms with Crippen molar-refractivity contribution in [3.63, 3.8) is 0 Å². The molecule has 0 saturated heterocycles. The van der Waals surface area contributed by atoms with Crippen molar-refractivity contribution in [1.82, 2.24) is 5.32 Å². The summed E-state index contributed by atoms with van der Waals surface area (Å²) in [6, 6.07) is 9.14. The van der Waals surface area contributed by atoms with Crippen molar-refractivity contribution < 1.29 is 8.78 Å². The van der Waals surface area contributed by atoms with Crippen LogP contribution in [0.4, 0.5) is 8.78 Å². The molecule has 0 aromatic heterocycles. The summed E-state index contributed by atoms with van der Waals surface area (Å²) in [6.07, 6.45) is 0.903. The second kappa shape index (κ2) is 7.01. The smallest absolute Gasteiger partial charge is 0.142 e. The van der Waals surface area contributed by atoms with Gasteiger partial charge in [-0.15, -0.1) is 0 Å². The third-order valence-corrected chi connectivity index (χ3v) is 3.64. The topological polar surface area (TPSA) is 12.0 Å². The number of benzene rings is 2. The summed E-state index contributed by atoms with van der Waals surface area (Å²) < 4.78 is 27.9. The van der Waals surface area contributed by atoms with Crippen LogP contribution in [0.3, 0.4) is 0 Å². The second-order valence-electron chi connectivity index (χ2n) is 5.09. The first-order valence-corrected chi connectivity index (χ1v) is 7.35. The Hall–Kier alpha value is -1.45. The SMILES string of the molecule is CCCNC(c1ccc(Cl)c(F)c1)c1cc(C)ccc1F. The van der Waals surface area contributed by atoms with Crippen molar-refractivity contribution in [1.29, 1.82) is 0 Å². The number of hydrogen-bond donors (Lipinski definition) is 1. The highest BCUT2D eigenvalue weighted by Gasteiger charge is 2.18. The fraction of sp³-hybridized carbons (Fsp3) is 0.294. The standard InChI is InChI=1S/C17H18ClF2N/c1-3-8-21-17(12-5-6-14(18)16(20)10-12)13-9-11(2)4-7-15(13)19/h4-7,9-10,17,21H,3,8H2,1-2H3. The summed E-state index contributed by atoms with van der Waals surface area (Å²) in [5.74, 6) is -0.796. The van der Waals surface area contributed by atoms with E-state index < -0.39 is 11.9 Å². The lowest BCUT2D eigenvalue weighted by Crippen LogP contribution is -2.24. The number of hydrogen-bond acceptors (Lipinski definition) is 1. The van der Waals surface area contributed by atoms with E-state index in [-0.39, 0.29) is 10.8 Å². The van der Waals surface area contributed by atoms with Gasteiger partial charge in [-0.2, -0.15) is 0 Å². The summed E-state index contributed by atoms with van der Waals surface area (Å²) in [5, 5.41) is 3.33. The molecule has 0 radical (unpaired) electrons. The van der Waals surface area contributed by atoms with Crippen molar-refractivity contribution in [2.45, 2.75) is 26.3 Å². The molecule has 1 atom stereocenters. The Morgan fingerprint density at radius 1 is 1.10 bits per heavy atom. The maximum Gasteiger partial charge on any atom is 0.142 e. The molecule has 2 aromatic rings. The Bertz CT molecular complexity index is 628. The predicted molar refractivity (Wildman–Crippen MR) is 82.7 cm³/mol. The van der Waals surface area contributed by atoms with Crippen LogP contribution in [0.15, 0.2) is 36.4 Å². The van der Waals surface area contributed by atoms with Crippen LogP contribution in [0.1, 0.15) is 36.1 Å². The van der Waals surface area contributed by atoms with Gasteiger partial charge in [0.15, 0.2) is 0 Å². The van der Waals surface area contributed by atoms with E-state index in [4.69, 9.17) is 11.6 Å². The van der Waals surface area contributed by atoms with Crippen molar-refractivity contribution >= 4 is 11.6 Å². The van der Waals surface area contributed by atoms with Gasteiger partial charge in [0.05, 0.1) is 11.1 Å². The Kier molecular flexibility index (Phi) is 5.32. The highest BCUT2D eigenvalue weighted by molar-refractivity contribution is 6.30. The molecule has 0 aliphatic rings. The lowest BCUT2D eigenvalue weighted by atomic mass is 9.96. The molecule has 0 aliphatic carbocycles. The Balaban J connectivity index is 2.46. The van der Waals surface area contributed by atoms with Gasteiger partial charge in [-0.25, -0.2) is 8.78 Å². The van der Waals surface area contributed by atoms with Crippen molar-refractivity contribution in [3.8, 4) is 0 Å². The van der Waals surface area contributed by atoms with Crippen LogP contribution in [0.5, 0.6) is 0 Å². The van der Waals surface area contributed by atoms with Crippen LogP contribution in [-0.2, 0) is 0 Å². The quantitative estimate of drug-likeness (QED) is 0.818. The van der Waals surface area contributed by atoms with Crippen LogP contribution >= 0.6 is 11.6 Å². The van der Waals surface area contributed by atoms with Crippen molar-refractivity contribution in [3.05, 3.63) is 69.7 Å². The minimum absolute atomic E-state index is 0.0673. The van der Waals surface area contributed by atoms with Gasteiger partial charge in [-0.3, -0.25) is 0 Å². The van der Waals surface area contributed by atoms with Gasteiger partial charge in [-0.1, -0.05) is 42.3 Å². The molecule has 0 fully saturated rings. The van der Waals surface area contributed by atoms with Crippen LogP contribution in [0.2, 0.25) is 5.02 Å². The number of rotatable bonds is 5. The molecule has 1 nitrogen and oxygen atoms in total. The molecule has 1 unspecified atom stereocenters. The molecule has 1 N–H and O–H groups in total. The van der Waals surface area contributed by atoms with Crippen LogP contribution in [0, 0.1) is 18.6 Å². The third-order valence-electron chi connectivity index (χ3n) is 3.34. The van der Waals surface area contributed by atoms with Gasteiger partial charge >= 0.3 is 0 Å². The molecule has 2 aromatic carbocycles. The Morgan fingerprint density at radius 3 is 2.52 bits per heavy atom. The van der Waals surface area contributed by atoms with Gasteiger partial charge in [0.25, 0.3) is 0 Å². The largest absolute Gasteiger partial charge is 0.306 e. The molecular weight excluding hydrogens is 292 g/mol. The Labute approximate surface area is 128 Å². The minimum Gasteiger partial charge on any atom is -0.306 e. The molecule has 0 amide bonds. The maximum absolute atomic E-state index is 14.2. The molecule has 0 heterocycles. The van der Waals surface area contributed by atoms with Gasteiger partial charge in [0.2, 0.25) is 0 Å². The molecule has 21 heavy (non-hydrogen) atoms. The molecular formula is C17H18ClF2N. The minimum atomic E-state index is -0.495. The van der Waals surface area contributed by atoms with E-state index in [0.717, 1.165) is 12.0 Å². The van der Waals surface area contributed by atoms with E-state index in [9.17, 15) is 8.78 Å². The zero-order valence-electron chi connectivity index (χ0n) is 12.1. The lowest BCUT2D eigenvalue weighted by molar-refractivity contribution is 0.542. The molecule has 0 spiro atoms. The van der Waals surface area contributed by atoms with Crippen LogP contribution in [0.25, 0.3) is 0 Å². The van der Waals surface area contributed by atoms with Crippen molar-refractivity contribution in [2.75, 3.05) is 6.54 Å². The maximum atomic E-state index is 14.2. The van der Waals surface area contributed by atoms with E-state index in [1.807, 2.05) is 13.8 Å².